The zero-order valence-corrected chi connectivity index (χ0v) is 16.8. The van der Waals surface area contributed by atoms with Gasteiger partial charge in [-0.3, -0.25) is 13.8 Å². The molecule has 0 radical (unpaired) electrons. The molecule has 2 aliphatic carbocycles. The summed E-state index contributed by atoms with van der Waals surface area (Å²) in [5.41, 5.74) is 0.252. The van der Waals surface area contributed by atoms with Crippen molar-refractivity contribution in [2.75, 3.05) is 7.11 Å². The first kappa shape index (κ1) is 20.0. The van der Waals surface area contributed by atoms with Crippen molar-refractivity contribution in [3.63, 3.8) is 0 Å². The second-order valence-corrected chi connectivity index (χ2v) is 9.50. The van der Waals surface area contributed by atoms with Gasteiger partial charge in [0.25, 0.3) is 10.1 Å². The maximum absolute atomic E-state index is 12.8. The van der Waals surface area contributed by atoms with Crippen LogP contribution in [0.15, 0.2) is 29.2 Å². The SMILES string of the molecule is COC(=O)C1CCC(OS(=O)(=O)c2ccc(C)cc2)C2(C)CC(=O)CCC12. The number of carbonyl (C=O) groups excluding carboxylic acids is 2. The van der Waals surface area contributed by atoms with Gasteiger partial charge in [-0.25, -0.2) is 0 Å². The minimum absolute atomic E-state index is 0.0839. The Kier molecular flexibility index (Phi) is 5.45. The number of methoxy groups -OCH3 is 1. The van der Waals surface area contributed by atoms with Crippen LogP contribution in [-0.2, 0) is 28.6 Å². The van der Waals surface area contributed by atoms with Gasteiger partial charge in [0, 0.05) is 18.3 Å². The van der Waals surface area contributed by atoms with Crippen molar-refractivity contribution in [3.8, 4) is 0 Å². The zero-order valence-electron chi connectivity index (χ0n) is 15.9. The Balaban J connectivity index is 1.90. The van der Waals surface area contributed by atoms with Gasteiger partial charge in [-0.2, -0.15) is 8.42 Å². The van der Waals surface area contributed by atoms with Crippen molar-refractivity contribution in [1.82, 2.24) is 0 Å². The van der Waals surface area contributed by atoms with E-state index in [1.165, 1.54) is 19.2 Å². The minimum Gasteiger partial charge on any atom is -0.469 e. The summed E-state index contributed by atoms with van der Waals surface area (Å²) in [6.45, 7) is 3.75. The Bertz CT molecular complexity index is 829. The molecule has 6 nitrogen and oxygen atoms in total. The molecule has 0 heterocycles. The van der Waals surface area contributed by atoms with Gasteiger partial charge in [-0.15, -0.1) is 0 Å². The van der Waals surface area contributed by atoms with Gasteiger partial charge in [0.1, 0.15) is 5.78 Å². The minimum atomic E-state index is -3.95. The molecular formula is C20H26O6S. The fraction of sp³-hybridized carbons (Fsp3) is 0.600. The topological polar surface area (TPSA) is 86.7 Å². The number of benzene rings is 1. The number of ketones is 1. The molecule has 0 bridgehead atoms. The predicted octanol–water partition coefficient (Wildman–Crippen LogP) is 3.03. The average molecular weight is 394 g/mol. The van der Waals surface area contributed by atoms with E-state index < -0.39 is 21.6 Å². The average Bonchev–Trinajstić information content (AvgIpc) is 2.61. The van der Waals surface area contributed by atoms with Gasteiger partial charge in [-0.05, 0) is 44.2 Å². The molecular weight excluding hydrogens is 368 g/mol. The maximum Gasteiger partial charge on any atom is 0.308 e. The highest BCUT2D eigenvalue weighted by Gasteiger charge is 2.55. The molecule has 1 aromatic rings. The van der Waals surface area contributed by atoms with Crippen molar-refractivity contribution in [2.24, 2.45) is 17.3 Å². The molecule has 0 amide bonds. The highest BCUT2D eigenvalue weighted by Crippen LogP contribution is 2.53. The number of rotatable bonds is 4. The monoisotopic (exact) mass is 394 g/mol. The fourth-order valence-corrected chi connectivity index (χ4v) is 5.87. The molecule has 2 saturated carbocycles. The lowest BCUT2D eigenvalue weighted by Crippen LogP contribution is -2.53. The van der Waals surface area contributed by atoms with E-state index in [2.05, 4.69) is 0 Å². The van der Waals surface area contributed by atoms with Crippen LogP contribution < -0.4 is 0 Å². The van der Waals surface area contributed by atoms with E-state index in [0.29, 0.717) is 25.7 Å². The third kappa shape index (κ3) is 3.80. The molecule has 0 aliphatic heterocycles. The first-order chi connectivity index (χ1) is 12.7. The van der Waals surface area contributed by atoms with Gasteiger partial charge in [0.2, 0.25) is 0 Å². The third-order valence-electron chi connectivity index (χ3n) is 6.18. The number of Topliss-reactive ketones (excluding diaryl/α,β-unsaturated/α-hetero) is 1. The van der Waals surface area contributed by atoms with E-state index in [-0.39, 0.29) is 34.9 Å². The van der Waals surface area contributed by atoms with Gasteiger partial charge in [-0.1, -0.05) is 24.6 Å². The van der Waals surface area contributed by atoms with Crippen LogP contribution in [0.5, 0.6) is 0 Å². The van der Waals surface area contributed by atoms with E-state index in [9.17, 15) is 18.0 Å². The smallest absolute Gasteiger partial charge is 0.308 e. The molecule has 148 valence electrons. The predicted molar refractivity (Wildman–Crippen MR) is 98.4 cm³/mol. The summed E-state index contributed by atoms with van der Waals surface area (Å²) in [5.74, 6) is -0.661. The second-order valence-electron chi connectivity index (χ2n) is 7.93. The summed E-state index contributed by atoms with van der Waals surface area (Å²) in [4.78, 5) is 24.5. The molecule has 0 spiro atoms. The number of fused-ring (bicyclic) bond motifs is 1. The van der Waals surface area contributed by atoms with Crippen LogP contribution in [0.3, 0.4) is 0 Å². The number of hydrogen-bond donors (Lipinski definition) is 0. The Morgan fingerprint density at radius 1 is 1.15 bits per heavy atom. The Morgan fingerprint density at radius 2 is 1.81 bits per heavy atom. The van der Waals surface area contributed by atoms with Crippen LogP contribution in [-0.4, -0.2) is 33.4 Å². The molecule has 0 N–H and O–H groups in total. The molecule has 0 saturated heterocycles. The lowest BCUT2D eigenvalue weighted by atomic mass is 9.55. The van der Waals surface area contributed by atoms with Crippen molar-refractivity contribution in [3.05, 3.63) is 29.8 Å². The number of esters is 1. The molecule has 1 aromatic carbocycles. The van der Waals surface area contributed by atoms with Crippen molar-refractivity contribution >= 4 is 21.9 Å². The molecule has 7 heteroatoms. The highest BCUT2D eigenvalue weighted by atomic mass is 32.2. The van der Waals surface area contributed by atoms with Crippen LogP contribution in [0.2, 0.25) is 0 Å². The summed E-state index contributed by atoms with van der Waals surface area (Å²) in [6, 6.07) is 6.49. The first-order valence-electron chi connectivity index (χ1n) is 9.27. The Morgan fingerprint density at radius 3 is 2.44 bits per heavy atom. The van der Waals surface area contributed by atoms with Crippen LogP contribution in [0.1, 0.15) is 44.6 Å². The second kappa shape index (κ2) is 7.36. The maximum atomic E-state index is 12.8. The zero-order chi connectivity index (χ0) is 19.8. The standard InChI is InChI=1S/C20H26O6S/c1-13-4-7-15(8-5-13)27(23,24)26-18-11-9-16(19(22)25-3)17-10-6-14(21)12-20(17,18)2/h4-5,7-8,16-18H,6,9-12H2,1-3H3. The summed E-state index contributed by atoms with van der Waals surface area (Å²) in [5, 5.41) is 0. The molecule has 2 aliphatic rings. The third-order valence-corrected chi connectivity index (χ3v) is 7.51. The number of ether oxygens (including phenoxy) is 1. The molecule has 4 unspecified atom stereocenters. The normalized spacial score (nSPS) is 31.2. The van der Waals surface area contributed by atoms with Crippen molar-refractivity contribution in [2.45, 2.75) is 57.0 Å². The largest absolute Gasteiger partial charge is 0.469 e. The highest BCUT2D eigenvalue weighted by molar-refractivity contribution is 7.86. The summed E-state index contributed by atoms with van der Waals surface area (Å²) in [7, 11) is -2.59. The molecule has 0 aromatic heterocycles. The number of aryl methyl sites for hydroxylation is 1. The first-order valence-corrected chi connectivity index (χ1v) is 10.7. The number of hydrogen-bond acceptors (Lipinski definition) is 6. The summed E-state index contributed by atoms with van der Waals surface area (Å²) >= 11 is 0. The van der Waals surface area contributed by atoms with E-state index >= 15 is 0 Å². The van der Waals surface area contributed by atoms with Gasteiger partial charge in [0.15, 0.2) is 0 Å². The molecule has 2 fully saturated rings. The Hall–Kier alpha value is -1.73. The molecule has 27 heavy (non-hydrogen) atoms. The van der Waals surface area contributed by atoms with Crippen molar-refractivity contribution < 1.29 is 26.9 Å². The lowest BCUT2D eigenvalue weighted by molar-refractivity contribution is -0.161. The van der Waals surface area contributed by atoms with E-state index in [1.54, 1.807) is 12.1 Å². The van der Waals surface area contributed by atoms with Crippen LogP contribution in [0.4, 0.5) is 0 Å². The van der Waals surface area contributed by atoms with Crippen LogP contribution in [0.25, 0.3) is 0 Å². The van der Waals surface area contributed by atoms with Crippen LogP contribution >= 0.6 is 0 Å². The van der Waals surface area contributed by atoms with E-state index in [0.717, 1.165) is 5.56 Å². The lowest BCUT2D eigenvalue weighted by Gasteiger charge is -2.51. The Labute approximate surface area is 160 Å². The number of carbonyl (C=O) groups is 2. The van der Waals surface area contributed by atoms with E-state index in [1.807, 2.05) is 13.8 Å². The van der Waals surface area contributed by atoms with Crippen molar-refractivity contribution in [1.29, 1.82) is 0 Å². The molecule has 3 rings (SSSR count). The van der Waals surface area contributed by atoms with Gasteiger partial charge >= 0.3 is 5.97 Å². The van der Waals surface area contributed by atoms with Gasteiger partial charge in [0.05, 0.1) is 24.0 Å². The fourth-order valence-electron chi connectivity index (χ4n) is 4.67. The van der Waals surface area contributed by atoms with E-state index in [4.69, 9.17) is 8.92 Å². The van der Waals surface area contributed by atoms with Crippen LogP contribution in [0, 0.1) is 24.2 Å². The quantitative estimate of drug-likeness (QED) is 0.576. The summed E-state index contributed by atoms with van der Waals surface area (Å²) in [6.07, 6.45) is 1.43. The molecule has 4 atom stereocenters. The summed E-state index contributed by atoms with van der Waals surface area (Å²) < 4.78 is 36.2. The van der Waals surface area contributed by atoms with Gasteiger partial charge < -0.3 is 4.74 Å².